The van der Waals surface area contributed by atoms with Crippen molar-refractivity contribution < 1.29 is 27.9 Å². The van der Waals surface area contributed by atoms with Crippen molar-refractivity contribution in [2.45, 2.75) is 32.2 Å². The lowest BCUT2D eigenvalue weighted by atomic mass is 10.1. The maximum atomic E-state index is 12.3. The summed E-state index contributed by atoms with van der Waals surface area (Å²) in [6.45, 7) is 1.37. The highest BCUT2D eigenvalue weighted by molar-refractivity contribution is 7.89. The van der Waals surface area contributed by atoms with E-state index in [0.717, 1.165) is 5.39 Å². The number of nitrogen functional groups attached to an aromatic ring is 1. The predicted octanol–water partition coefficient (Wildman–Crippen LogP) is -0.139. The molecule has 8 N–H and O–H groups in total. The molecule has 0 saturated heterocycles. The minimum absolute atomic E-state index is 0.0152. The van der Waals surface area contributed by atoms with E-state index in [2.05, 4.69) is 20.3 Å². The molecule has 1 aromatic heterocycles. The number of hydrogen-bond acceptors (Lipinski definition) is 6. The second-order valence-corrected chi connectivity index (χ2v) is 9.26. The topological polar surface area (TPSA) is 207 Å². The number of hydrogen-bond donors (Lipinski definition) is 7. The Kier molecular flexibility index (Phi) is 8.94. The number of nitrogens with two attached hydrogens (primary N) is 1. The molecule has 2 amide bonds. The lowest BCUT2D eigenvalue weighted by Crippen LogP contribution is -2.49. The molecule has 0 spiro atoms. The highest BCUT2D eigenvalue weighted by Gasteiger charge is 2.24. The van der Waals surface area contributed by atoms with Crippen molar-refractivity contribution in [1.29, 1.82) is 5.41 Å². The van der Waals surface area contributed by atoms with Gasteiger partial charge < -0.3 is 26.5 Å². The van der Waals surface area contributed by atoms with E-state index in [1.807, 2.05) is 6.92 Å². The molecule has 1 unspecified atom stereocenters. The van der Waals surface area contributed by atoms with Crippen LogP contribution in [0.4, 0.5) is 0 Å². The Morgan fingerprint density at radius 3 is 2.58 bits per heavy atom. The average molecular weight is 481 g/mol. The van der Waals surface area contributed by atoms with Crippen LogP contribution >= 0.6 is 0 Å². The Hall–Kier alpha value is -3.45. The van der Waals surface area contributed by atoms with Gasteiger partial charge in [-0.3, -0.25) is 19.8 Å². The molecule has 0 aliphatic heterocycles. The molecule has 0 radical (unpaired) electrons. The molecule has 13 heteroatoms. The van der Waals surface area contributed by atoms with Gasteiger partial charge in [0, 0.05) is 36.0 Å². The maximum absolute atomic E-state index is 12.3. The standard InChI is InChI=1S/C20H28N6O6S/c1-2-3-8-33(31,32)26-16(20(29)30)11-24-17(27)6-7-23-19(28)15-9-12-4-5-13(18(21)22)10-14(12)25-15/h4-5,9-10,16,25-26H,2-3,6-8,11H2,1H3,(H3,21,22)(H,23,28)(H,24,27)(H,29,30). The lowest BCUT2D eigenvalue weighted by molar-refractivity contribution is -0.138. The van der Waals surface area contributed by atoms with E-state index in [4.69, 9.17) is 11.1 Å². The van der Waals surface area contributed by atoms with E-state index in [9.17, 15) is 27.9 Å². The fourth-order valence-electron chi connectivity index (χ4n) is 2.90. The minimum atomic E-state index is -3.77. The molecule has 0 aliphatic carbocycles. The monoisotopic (exact) mass is 480 g/mol. The molecular formula is C20H28N6O6S. The highest BCUT2D eigenvalue weighted by Crippen LogP contribution is 2.17. The number of aromatic nitrogens is 1. The third-order valence-electron chi connectivity index (χ3n) is 4.71. The number of aliphatic carboxylic acids is 1. The Balaban J connectivity index is 1.83. The smallest absolute Gasteiger partial charge is 0.323 e. The van der Waals surface area contributed by atoms with E-state index in [1.165, 1.54) is 0 Å². The summed E-state index contributed by atoms with van der Waals surface area (Å²) in [4.78, 5) is 38.5. The van der Waals surface area contributed by atoms with Gasteiger partial charge in [-0.05, 0) is 18.6 Å². The average Bonchev–Trinajstić information content (AvgIpc) is 3.18. The number of rotatable bonds is 13. The Bertz CT molecular complexity index is 1140. The van der Waals surface area contributed by atoms with E-state index >= 15 is 0 Å². The second-order valence-electron chi connectivity index (χ2n) is 7.39. The Morgan fingerprint density at radius 2 is 1.94 bits per heavy atom. The van der Waals surface area contributed by atoms with Crippen molar-refractivity contribution in [2.75, 3.05) is 18.8 Å². The minimum Gasteiger partial charge on any atom is -0.480 e. The van der Waals surface area contributed by atoms with Crippen LogP contribution in [0.3, 0.4) is 0 Å². The molecule has 12 nitrogen and oxygen atoms in total. The first kappa shape index (κ1) is 25.8. The van der Waals surface area contributed by atoms with Crippen LogP contribution in [0.1, 0.15) is 42.2 Å². The summed E-state index contributed by atoms with van der Waals surface area (Å²) in [5.74, 6) is -2.69. The van der Waals surface area contributed by atoms with Crippen LogP contribution in [0.25, 0.3) is 10.9 Å². The molecular weight excluding hydrogens is 452 g/mol. The van der Waals surface area contributed by atoms with Gasteiger partial charge in [0.2, 0.25) is 15.9 Å². The Morgan fingerprint density at radius 1 is 1.21 bits per heavy atom. The lowest BCUT2D eigenvalue weighted by Gasteiger charge is -2.15. The molecule has 2 rings (SSSR count). The highest BCUT2D eigenvalue weighted by atomic mass is 32.2. The number of fused-ring (bicyclic) bond motifs is 1. The number of carboxylic acids is 1. The van der Waals surface area contributed by atoms with Crippen LogP contribution in [0, 0.1) is 5.41 Å². The summed E-state index contributed by atoms with van der Waals surface area (Å²) in [5.41, 5.74) is 6.87. The van der Waals surface area contributed by atoms with Gasteiger partial charge in [0.15, 0.2) is 0 Å². The van der Waals surface area contributed by atoms with Gasteiger partial charge >= 0.3 is 5.97 Å². The summed E-state index contributed by atoms with van der Waals surface area (Å²) in [7, 11) is -3.77. The molecule has 1 aromatic carbocycles. The number of unbranched alkanes of at least 4 members (excludes halogenated alkanes) is 1. The molecule has 33 heavy (non-hydrogen) atoms. The quantitative estimate of drug-likeness (QED) is 0.152. The van der Waals surface area contributed by atoms with Gasteiger partial charge in [0.1, 0.15) is 17.6 Å². The Labute approximate surface area is 190 Å². The first-order valence-corrected chi connectivity index (χ1v) is 11.9. The van der Waals surface area contributed by atoms with E-state index in [0.29, 0.717) is 23.9 Å². The normalized spacial score (nSPS) is 12.3. The van der Waals surface area contributed by atoms with Gasteiger partial charge in [-0.15, -0.1) is 0 Å². The fraction of sp³-hybridized carbons (Fsp3) is 0.400. The number of aromatic amines is 1. The van der Waals surface area contributed by atoms with Crippen LogP contribution in [0.15, 0.2) is 24.3 Å². The number of amidine groups is 1. The second kappa shape index (κ2) is 11.4. The number of nitrogens with one attached hydrogen (secondary N) is 5. The van der Waals surface area contributed by atoms with Crippen molar-refractivity contribution in [1.82, 2.24) is 20.3 Å². The number of sulfonamides is 1. The zero-order valence-electron chi connectivity index (χ0n) is 18.1. The number of amides is 2. The summed E-state index contributed by atoms with van der Waals surface area (Å²) in [6, 6.07) is 5.17. The van der Waals surface area contributed by atoms with Crippen LogP contribution in [-0.4, -0.2) is 67.0 Å². The molecule has 0 aliphatic rings. The molecule has 180 valence electrons. The SMILES string of the molecule is CCCCS(=O)(=O)NC(CNC(=O)CCNC(=O)c1cc2ccc(C(=N)N)cc2[nH]1)C(=O)O. The third kappa shape index (κ3) is 7.88. The van der Waals surface area contributed by atoms with Gasteiger partial charge in [0.25, 0.3) is 5.91 Å². The summed E-state index contributed by atoms with van der Waals surface area (Å²) >= 11 is 0. The van der Waals surface area contributed by atoms with Crippen LogP contribution in [0.2, 0.25) is 0 Å². The van der Waals surface area contributed by atoms with E-state index in [-0.39, 0.29) is 30.2 Å². The van der Waals surface area contributed by atoms with Gasteiger partial charge in [-0.25, -0.2) is 8.42 Å². The van der Waals surface area contributed by atoms with Crippen LogP contribution < -0.4 is 21.1 Å². The molecule has 0 fully saturated rings. The number of carboxylic acid groups (broad SMARTS) is 1. The molecule has 1 atom stereocenters. The number of H-pyrrole nitrogens is 1. The van der Waals surface area contributed by atoms with Crippen molar-refractivity contribution in [3.63, 3.8) is 0 Å². The number of carbonyl (C=O) groups excluding carboxylic acids is 2. The molecule has 2 aromatic rings. The van der Waals surface area contributed by atoms with E-state index < -0.39 is 40.4 Å². The first-order chi connectivity index (χ1) is 15.5. The fourth-order valence-corrected chi connectivity index (χ4v) is 4.30. The van der Waals surface area contributed by atoms with E-state index in [1.54, 1.807) is 24.3 Å². The number of benzene rings is 1. The van der Waals surface area contributed by atoms with Gasteiger partial charge in [0.05, 0.1) is 5.75 Å². The third-order valence-corrected chi connectivity index (χ3v) is 6.18. The van der Waals surface area contributed by atoms with Crippen molar-refractivity contribution in [3.05, 3.63) is 35.5 Å². The summed E-state index contributed by atoms with van der Waals surface area (Å²) < 4.78 is 25.9. The van der Waals surface area contributed by atoms with Crippen molar-refractivity contribution >= 4 is 44.5 Å². The molecule has 0 bridgehead atoms. The molecule has 1 heterocycles. The summed E-state index contributed by atoms with van der Waals surface area (Å²) in [5, 5.41) is 22.4. The zero-order valence-corrected chi connectivity index (χ0v) is 18.9. The number of carbonyl (C=O) groups is 3. The summed E-state index contributed by atoms with van der Waals surface area (Å²) in [6.07, 6.45) is 0.899. The van der Waals surface area contributed by atoms with Crippen molar-refractivity contribution in [2.24, 2.45) is 5.73 Å². The first-order valence-electron chi connectivity index (χ1n) is 10.3. The van der Waals surface area contributed by atoms with Crippen molar-refractivity contribution in [3.8, 4) is 0 Å². The maximum Gasteiger partial charge on any atom is 0.323 e. The van der Waals surface area contributed by atoms with Crippen LogP contribution in [0.5, 0.6) is 0 Å². The van der Waals surface area contributed by atoms with Gasteiger partial charge in [-0.2, -0.15) is 4.72 Å². The van der Waals surface area contributed by atoms with Crippen LogP contribution in [-0.2, 0) is 19.6 Å². The predicted molar refractivity (Wildman–Crippen MR) is 123 cm³/mol. The zero-order chi connectivity index (χ0) is 24.6. The van der Waals surface area contributed by atoms with Gasteiger partial charge in [-0.1, -0.05) is 25.5 Å². The molecule has 0 saturated carbocycles. The largest absolute Gasteiger partial charge is 0.480 e.